The molecule has 20 heavy (non-hydrogen) atoms. The zero-order valence-electron chi connectivity index (χ0n) is 12.0. The number of ether oxygens (including phenoxy) is 1. The van der Waals surface area contributed by atoms with Crippen LogP contribution in [-0.2, 0) is 11.2 Å². The summed E-state index contributed by atoms with van der Waals surface area (Å²) in [5, 5.41) is 0. The Morgan fingerprint density at radius 2 is 2.05 bits per heavy atom. The topological polar surface area (TPSA) is 42.7 Å². The number of likely N-dealkylation sites (N-methyl/N-ethyl adjacent to an activating group) is 1. The molecular weight excluding hydrogens is 254 g/mol. The molecule has 0 fully saturated rings. The van der Waals surface area contributed by atoms with Crippen LogP contribution >= 0.6 is 0 Å². The third kappa shape index (κ3) is 3.02. The number of hydrogen-bond acceptors (Lipinski definition) is 3. The molecule has 1 heterocycles. The average Bonchev–Trinajstić information content (AvgIpc) is 3.00. The highest BCUT2D eigenvalue weighted by molar-refractivity contribution is 5.79. The first-order valence-electron chi connectivity index (χ1n) is 6.54. The summed E-state index contributed by atoms with van der Waals surface area (Å²) in [6, 6.07) is 11.2. The fraction of sp³-hybridized carbons (Fsp3) is 0.312. The maximum atomic E-state index is 12.3. The number of amides is 1. The largest absolute Gasteiger partial charge is 0.496 e. The zero-order chi connectivity index (χ0) is 14.5. The minimum Gasteiger partial charge on any atom is -0.496 e. The van der Waals surface area contributed by atoms with Gasteiger partial charge in [-0.3, -0.25) is 4.79 Å². The second kappa shape index (κ2) is 6.28. The van der Waals surface area contributed by atoms with E-state index in [9.17, 15) is 4.79 Å². The first kappa shape index (κ1) is 14.2. The van der Waals surface area contributed by atoms with Crippen molar-refractivity contribution < 1.29 is 13.9 Å². The van der Waals surface area contributed by atoms with Crippen molar-refractivity contribution in [2.75, 3.05) is 14.2 Å². The maximum Gasteiger partial charge on any atom is 0.227 e. The monoisotopic (exact) mass is 273 g/mol. The van der Waals surface area contributed by atoms with Gasteiger partial charge in [0, 0.05) is 12.6 Å². The zero-order valence-corrected chi connectivity index (χ0v) is 12.0. The molecule has 0 spiro atoms. The van der Waals surface area contributed by atoms with Crippen LogP contribution in [0.3, 0.4) is 0 Å². The van der Waals surface area contributed by atoms with Crippen molar-refractivity contribution in [3.8, 4) is 5.75 Å². The second-order valence-electron chi connectivity index (χ2n) is 4.68. The van der Waals surface area contributed by atoms with E-state index in [0.29, 0.717) is 6.42 Å². The Bertz CT molecular complexity index is 563. The van der Waals surface area contributed by atoms with Gasteiger partial charge in [0.15, 0.2) is 0 Å². The first-order valence-corrected chi connectivity index (χ1v) is 6.54. The van der Waals surface area contributed by atoms with Crippen LogP contribution in [0.1, 0.15) is 24.3 Å². The summed E-state index contributed by atoms with van der Waals surface area (Å²) >= 11 is 0. The molecular formula is C16H19NO3. The molecule has 1 unspecified atom stereocenters. The number of methoxy groups -OCH3 is 1. The van der Waals surface area contributed by atoms with Crippen LogP contribution < -0.4 is 4.74 Å². The standard InChI is InChI=1S/C16H19NO3/c1-12(14-9-6-10-20-14)17(2)16(18)11-13-7-4-5-8-15(13)19-3/h4-10,12H,11H2,1-3H3. The van der Waals surface area contributed by atoms with E-state index in [4.69, 9.17) is 9.15 Å². The van der Waals surface area contributed by atoms with Crippen molar-refractivity contribution in [3.05, 3.63) is 54.0 Å². The molecule has 4 heteroatoms. The van der Waals surface area contributed by atoms with Crippen LogP contribution in [0, 0.1) is 0 Å². The molecule has 1 atom stereocenters. The Morgan fingerprint density at radius 1 is 1.30 bits per heavy atom. The predicted octanol–water partition coefficient (Wildman–Crippen LogP) is 3.05. The van der Waals surface area contributed by atoms with Crippen molar-refractivity contribution in [3.63, 3.8) is 0 Å². The van der Waals surface area contributed by atoms with E-state index in [1.807, 2.05) is 43.3 Å². The van der Waals surface area contributed by atoms with Gasteiger partial charge in [-0.15, -0.1) is 0 Å². The number of benzene rings is 1. The third-order valence-corrected chi connectivity index (χ3v) is 3.46. The lowest BCUT2D eigenvalue weighted by molar-refractivity contribution is -0.131. The van der Waals surface area contributed by atoms with Gasteiger partial charge in [0.25, 0.3) is 0 Å². The van der Waals surface area contributed by atoms with Crippen molar-refractivity contribution in [1.29, 1.82) is 0 Å². The first-order chi connectivity index (χ1) is 9.63. The number of carbonyl (C=O) groups excluding carboxylic acids is 1. The Kier molecular flexibility index (Phi) is 4.45. The number of carbonyl (C=O) groups is 1. The summed E-state index contributed by atoms with van der Waals surface area (Å²) in [5.74, 6) is 1.54. The van der Waals surface area contributed by atoms with Crippen LogP contribution in [0.2, 0.25) is 0 Å². The van der Waals surface area contributed by atoms with Gasteiger partial charge in [-0.2, -0.15) is 0 Å². The van der Waals surface area contributed by atoms with Crippen LogP contribution in [0.25, 0.3) is 0 Å². The van der Waals surface area contributed by atoms with Crippen LogP contribution in [-0.4, -0.2) is 25.0 Å². The van der Waals surface area contributed by atoms with E-state index in [2.05, 4.69) is 0 Å². The quantitative estimate of drug-likeness (QED) is 0.841. The summed E-state index contributed by atoms with van der Waals surface area (Å²) < 4.78 is 10.6. The summed E-state index contributed by atoms with van der Waals surface area (Å²) in [7, 11) is 3.39. The van der Waals surface area contributed by atoms with E-state index in [0.717, 1.165) is 17.1 Å². The lowest BCUT2D eigenvalue weighted by Gasteiger charge is -2.23. The smallest absolute Gasteiger partial charge is 0.227 e. The molecule has 0 radical (unpaired) electrons. The van der Waals surface area contributed by atoms with E-state index in [1.54, 1.807) is 25.3 Å². The number of furan rings is 1. The van der Waals surface area contributed by atoms with E-state index < -0.39 is 0 Å². The molecule has 0 aliphatic carbocycles. The normalized spacial score (nSPS) is 11.9. The van der Waals surface area contributed by atoms with Gasteiger partial charge in [0.1, 0.15) is 11.5 Å². The Morgan fingerprint density at radius 3 is 2.70 bits per heavy atom. The molecule has 1 amide bonds. The summed E-state index contributed by atoms with van der Waals surface area (Å²) in [5.41, 5.74) is 0.887. The molecule has 1 aromatic heterocycles. The van der Waals surface area contributed by atoms with Crippen molar-refractivity contribution in [2.24, 2.45) is 0 Å². The minimum atomic E-state index is -0.0905. The highest BCUT2D eigenvalue weighted by Crippen LogP contribution is 2.22. The molecule has 1 aromatic carbocycles. The van der Waals surface area contributed by atoms with Gasteiger partial charge in [-0.1, -0.05) is 18.2 Å². The van der Waals surface area contributed by atoms with Crippen molar-refractivity contribution in [1.82, 2.24) is 4.90 Å². The molecule has 0 bridgehead atoms. The van der Waals surface area contributed by atoms with Crippen LogP contribution in [0.4, 0.5) is 0 Å². The van der Waals surface area contributed by atoms with E-state index >= 15 is 0 Å². The molecule has 2 aromatic rings. The number of hydrogen-bond donors (Lipinski definition) is 0. The molecule has 4 nitrogen and oxygen atoms in total. The highest BCUT2D eigenvalue weighted by atomic mass is 16.5. The molecule has 0 N–H and O–H groups in total. The number of para-hydroxylation sites is 1. The number of nitrogens with zero attached hydrogens (tertiary/aromatic N) is 1. The fourth-order valence-electron chi connectivity index (χ4n) is 2.07. The Hall–Kier alpha value is -2.23. The lowest BCUT2D eigenvalue weighted by Crippen LogP contribution is -2.30. The van der Waals surface area contributed by atoms with Gasteiger partial charge in [0.05, 0.1) is 25.8 Å². The van der Waals surface area contributed by atoms with Crippen molar-refractivity contribution >= 4 is 5.91 Å². The Balaban J connectivity index is 2.08. The van der Waals surface area contributed by atoms with Gasteiger partial charge < -0.3 is 14.1 Å². The molecule has 0 aliphatic rings. The van der Waals surface area contributed by atoms with Gasteiger partial charge in [0.2, 0.25) is 5.91 Å². The van der Waals surface area contributed by atoms with Gasteiger partial charge >= 0.3 is 0 Å². The summed E-state index contributed by atoms with van der Waals surface area (Å²) in [4.78, 5) is 14.0. The Labute approximate surface area is 119 Å². The van der Waals surface area contributed by atoms with Crippen molar-refractivity contribution in [2.45, 2.75) is 19.4 Å². The lowest BCUT2D eigenvalue weighted by atomic mass is 10.1. The minimum absolute atomic E-state index is 0.0263. The average molecular weight is 273 g/mol. The van der Waals surface area contributed by atoms with Crippen LogP contribution in [0.5, 0.6) is 5.75 Å². The maximum absolute atomic E-state index is 12.3. The summed E-state index contributed by atoms with van der Waals surface area (Å²) in [6.45, 7) is 1.94. The number of rotatable bonds is 5. The van der Waals surface area contributed by atoms with Gasteiger partial charge in [-0.05, 0) is 25.1 Å². The molecule has 0 saturated carbocycles. The molecule has 106 valence electrons. The second-order valence-corrected chi connectivity index (χ2v) is 4.68. The predicted molar refractivity (Wildman–Crippen MR) is 76.6 cm³/mol. The van der Waals surface area contributed by atoms with E-state index in [-0.39, 0.29) is 11.9 Å². The third-order valence-electron chi connectivity index (χ3n) is 3.46. The highest BCUT2D eigenvalue weighted by Gasteiger charge is 2.20. The van der Waals surface area contributed by atoms with E-state index in [1.165, 1.54) is 0 Å². The van der Waals surface area contributed by atoms with Gasteiger partial charge in [-0.25, -0.2) is 0 Å². The molecule has 2 rings (SSSR count). The molecule has 0 aliphatic heterocycles. The van der Waals surface area contributed by atoms with Crippen LogP contribution in [0.15, 0.2) is 47.1 Å². The summed E-state index contributed by atoms with van der Waals surface area (Å²) in [6.07, 6.45) is 1.93. The fourth-order valence-corrected chi connectivity index (χ4v) is 2.07. The SMILES string of the molecule is COc1ccccc1CC(=O)N(C)C(C)c1ccco1. The molecule has 0 saturated heterocycles.